The molecule has 0 unspecified atom stereocenters. The molecule has 0 aromatic carbocycles. The first kappa shape index (κ1) is 8.18. The van der Waals surface area contributed by atoms with E-state index in [-0.39, 0.29) is 11.6 Å². The minimum atomic E-state index is -0.760. The summed E-state index contributed by atoms with van der Waals surface area (Å²) in [5.74, 6) is 0.0486. The van der Waals surface area contributed by atoms with Crippen LogP contribution in [0.1, 0.15) is 26.7 Å². The van der Waals surface area contributed by atoms with Gasteiger partial charge in [-0.15, -0.1) is 0 Å². The minimum Gasteiger partial charge on any atom is -0.298 e. The fourth-order valence-electron chi connectivity index (χ4n) is 1.05. The molecule has 0 heterocycles. The summed E-state index contributed by atoms with van der Waals surface area (Å²) in [6, 6.07) is 0. The molecular formula is C9H12O2. The van der Waals surface area contributed by atoms with E-state index in [1.165, 1.54) is 0 Å². The predicted molar refractivity (Wildman–Crippen MR) is 42.2 cm³/mol. The van der Waals surface area contributed by atoms with Crippen molar-refractivity contribution in [2.75, 3.05) is 0 Å². The zero-order valence-electron chi connectivity index (χ0n) is 6.89. The van der Waals surface area contributed by atoms with Gasteiger partial charge < -0.3 is 0 Å². The number of Topliss-reactive ketones (excluding diaryl/α,β-unsaturated/α-hetero) is 2. The maximum Gasteiger partial charge on any atom is 0.149 e. The van der Waals surface area contributed by atoms with E-state index in [4.69, 9.17) is 0 Å². The molecule has 0 fully saturated rings. The fourth-order valence-corrected chi connectivity index (χ4v) is 1.05. The Morgan fingerprint density at radius 3 is 1.82 bits per heavy atom. The maximum absolute atomic E-state index is 11.3. The molecule has 0 radical (unpaired) electrons. The fraction of sp³-hybridized carbons (Fsp3) is 0.556. The lowest BCUT2D eigenvalue weighted by atomic mass is 9.82. The van der Waals surface area contributed by atoms with Gasteiger partial charge in [0, 0.05) is 12.8 Å². The molecule has 11 heavy (non-hydrogen) atoms. The second-order valence-corrected chi connectivity index (χ2v) is 3.35. The molecule has 60 valence electrons. The standard InChI is InChI=1S/C9H12O2/c1-9(2)7(10)5-3-4-6-8(9)11/h3-4H,5-6H2,1-2H3. The maximum atomic E-state index is 11.3. The summed E-state index contributed by atoms with van der Waals surface area (Å²) in [4.78, 5) is 22.5. The Labute approximate surface area is 66.3 Å². The summed E-state index contributed by atoms with van der Waals surface area (Å²) in [5, 5.41) is 0. The molecule has 0 spiro atoms. The van der Waals surface area contributed by atoms with Crippen molar-refractivity contribution in [2.45, 2.75) is 26.7 Å². The summed E-state index contributed by atoms with van der Waals surface area (Å²) >= 11 is 0. The van der Waals surface area contributed by atoms with Gasteiger partial charge in [0.25, 0.3) is 0 Å². The lowest BCUT2D eigenvalue weighted by molar-refractivity contribution is -0.137. The molecule has 1 rings (SSSR count). The topological polar surface area (TPSA) is 34.1 Å². The monoisotopic (exact) mass is 152 g/mol. The molecule has 2 heteroatoms. The van der Waals surface area contributed by atoms with E-state index in [1.807, 2.05) is 0 Å². The summed E-state index contributed by atoms with van der Waals surface area (Å²) in [6.45, 7) is 3.40. The Morgan fingerprint density at radius 1 is 1.09 bits per heavy atom. The van der Waals surface area contributed by atoms with Gasteiger partial charge in [0.1, 0.15) is 11.6 Å². The molecular weight excluding hydrogens is 140 g/mol. The van der Waals surface area contributed by atoms with Gasteiger partial charge in [-0.25, -0.2) is 0 Å². The van der Waals surface area contributed by atoms with Crippen molar-refractivity contribution in [1.29, 1.82) is 0 Å². The third-order valence-corrected chi connectivity index (χ3v) is 2.17. The number of carbonyl (C=O) groups excluding carboxylic acids is 2. The molecule has 1 aliphatic rings. The Balaban J connectivity index is 2.93. The molecule has 0 aromatic rings. The van der Waals surface area contributed by atoms with E-state index in [0.717, 1.165) is 0 Å². The first-order valence-electron chi connectivity index (χ1n) is 3.77. The highest BCUT2D eigenvalue weighted by Gasteiger charge is 2.34. The van der Waals surface area contributed by atoms with E-state index < -0.39 is 5.41 Å². The largest absolute Gasteiger partial charge is 0.298 e. The smallest absolute Gasteiger partial charge is 0.149 e. The van der Waals surface area contributed by atoms with Crippen LogP contribution in [0, 0.1) is 5.41 Å². The summed E-state index contributed by atoms with van der Waals surface area (Å²) < 4.78 is 0. The van der Waals surface area contributed by atoms with E-state index in [1.54, 1.807) is 26.0 Å². The van der Waals surface area contributed by atoms with Crippen LogP contribution < -0.4 is 0 Å². The molecule has 0 saturated heterocycles. The van der Waals surface area contributed by atoms with Crippen LogP contribution in [-0.2, 0) is 9.59 Å². The lowest BCUT2D eigenvalue weighted by Crippen LogP contribution is -2.31. The predicted octanol–water partition coefficient (Wildman–Crippen LogP) is 1.50. The van der Waals surface area contributed by atoms with Crippen LogP contribution in [0.5, 0.6) is 0 Å². The molecule has 0 N–H and O–H groups in total. The highest BCUT2D eigenvalue weighted by molar-refractivity contribution is 6.07. The van der Waals surface area contributed by atoms with Crippen LogP contribution in [0.3, 0.4) is 0 Å². The SMILES string of the molecule is CC1(C)C(=O)CC=CCC1=O. The van der Waals surface area contributed by atoms with Gasteiger partial charge in [-0.1, -0.05) is 12.2 Å². The van der Waals surface area contributed by atoms with Gasteiger partial charge in [-0.05, 0) is 13.8 Å². The van der Waals surface area contributed by atoms with E-state index in [0.29, 0.717) is 12.8 Å². The summed E-state index contributed by atoms with van der Waals surface area (Å²) in [5.41, 5.74) is -0.760. The number of carbonyl (C=O) groups is 2. The van der Waals surface area contributed by atoms with Gasteiger partial charge >= 0.3 is 0 Å². The van der Waals surface area contributed by atoms with Crippen molar-refractivity contribution in [3.8, 4) is 0 Å². The highest BCUT2D eigenvalue weighted by atomic mass is 16.2. The number of hydrogen-bond acceptors (Lipinski definition) is 2. The van der Waals surface area contributed by atoms with Crippen LogP contribution in [0.25, 0.3) is 0 Å². The normalized spacial score (nSPS) is 23.5. The van der Waals surface area contributed by atoms with Crippen molar-refractivity contribution in [3.63, 3.8) is 0 Å². The Morgan fingerprint density at radius 2 is 1.45 bits per heavy atom. The molecule has 0 amide bonds. The number of rotatable bonds is 0. The third kappa shape index (κ3) is 1.39. The van der Waals surface area contributed by atoms with Gasteiger partial charge in [-0.3, -0.25) is 9.59 Å². The van der Waals surface area contributed by atoms with Crippen LogP contribution >= 0.6 is 0 Å². The van der Waals surface area contributed by atoms with E-state index in [2.05, 4.69) is 0 Å². The average Bonchev–Trinajstić information content (AvgIpc) is 2.03. The summed E-state index contributed by atoms with van der Waals surface area (Å²) in [6.07, 6.45) is 4.35. The zero-order valence-corrected chi connectivity index (χ0v) is 6.89. The minimum absolute atomic E-state index is 0.0243. The van der Waals surface area contributed by atoms with E-state index in [9.17, 15) is 9.59 Å². The molecule has 0 saturated carbocycles. The molecule has 2 nitrogen and oxygen atoms in total. The first-order valence-corrected chi connectivity index (χ1v) is 3.77. The number of allylic oxidation sites excluding steroid dienone is 2. The van der Waals surface area contributed by atoms with Crippen LogP contribution in [0.2, 0.25) is 0 Å². The average molecular weight is 152 g/mol. The summed E-state index contributed by atoms with van der Waals surface area (Å²) in [7, 11) is 0. The van der Waals surface area contributed by atoms with Crippen LogP contribution in [0.4, 0.5) is 0 Å². The molecule has 0 atom stereocenters. The second kappa shape index (κ2) is 2.61. The number of ketones is 2. The highest BCUT2D eigenvalue weighted by Crippen LogP contribution is 2.24. The Kier molecular flexibility index (Phi) is 1.94. The zero-order chi connectivity index (χ0) is 8.48. The molecule has 0 bridgehead atoms. The number of hydrogen-bond donors (Lipinski definition) is 0. The lowest BCUT2D eigenvalue weighted by Gasteiger charge is -2.17. The first-order chi connectivity index (χ1) is 5.05. The van der Waals surface area contributed by atoms with Crippen molar-refractivity contribution < 1.29 is 9.59 Å². The van der Waals surface area contributed by atoms with Crippen molar-refractivity contribution in [3.05, 3.63) is 12.2 Å². The Hall–Kier alpha value is -0.920. The molecule has 0 aliphatic heterocycles. The van der Waals surface area contributed by atoms with Crippen molar-refractivity contribution in [1.82, 2.24) is 0 Å². The molecule has 1 aliphatic carbocycles. The van der Waals surface area contributed by atoms with Gasteiger partial charge in [0.15, 0.2) is 0 Å². The van der Waals surface area contributed by atoms with Crippen LogP contribution in [0.15, 0.2) is 12.2 Å². The van der Waals surface area contributed by atoms with Crippen LogP contribution in [-0.4, -0.2) is 11.6 Å². The van der Waals surface area contributed by atoms with Crippen molar-refractivity contribution in [2.24, 2.45) is 5.41 Å². The third-order valence-electron chi connectivity index (χ3n) is 2.17. The Bertz CT molecular complexity index is 202. The van der Waals surface area contributed by atoms with Gasteiger partial charge in [0.2, 0.25) is 0 Å². The van der Waals surface area contributed by atoms with Gasteiger partial charge in [-0.2, -0.15) is 0 Å². The van der Waals surface area contributed by atoms with Gasteiger partial charge in [0.05, 0.1) is 5.41 Å². The quantitative estimate of drug-likeness (QED) is 0.389. The molecule has 0 aromatic heterocycles. The van der Waals surface area contributed by atoms with Crippen molar-refractivity contribution >= 4 is 11.6 Å². The second-order valence-electron chi connectivity index (χ2n) is 3.35. The van der Waals surface area contributed by atoms with E-state index >= 15 is 0 Å².